The summed E-state index contributed by atoms with van der Waals surface area (Å²) in [5, 5.41) is 9.41. The minimum Gasteiger partial charge on any atom is -0.478 e. The fraction of sp³-hybridized carbons (Fsp3) is 0.125. The van der Waals surface area contributed by atoms with Gasteiger partial charge in [-0.05, 0) is 42.1 Å². The fourth-order valence-electron chi connectivity index (χ4n) is 1.90. The van der Waals surface area contributed by atoms with Crippen molar-refractivity contribution in [2.24, 2.45) is 5.73 Å². The summed E-state index contributed by atoms with van der Waals surface area (Å²) in [5.41, 5.74) is 6.51. The predicted octanol–water partition coefficient (Wildman–Crippen LogP) is 2.73. The maximum atomic E-state index is 11.6. The highest BCUT2D eigenvalue weighted by Gasteiger charge is 2.17. The summed E-state index contributed by atoms with van der Waals surface area (Å²) in [7, 11) is 0. The van der Waals surface area contributed by atoms with E-state index in [2.05, 4.69) is 4.72 Å². The lowest BCUT2D eigenvalue weighted by Crippen LogP contribution is -2.39. The molecule has 4 N–H and O–H groups in total. The number of carboxylic acids is 1. The number of nitrogens with two attached hydrogens (primary N) is 1. The van der Waals surface area contributed by atoms with E-state index in [0.29, 0.717) is 16.3 Å². The Morgan fingerprint density at radius 2 is 1.91 bits per heavy atom. The first-order valence-electron chi connectivity index (χ1n) is 6.76. The number of hydrogen-bond donors (Lipinski definition) is 3. The molecule has 0 aliphatic rings. The lowest BCUT2D eigenvalue weighted by atomic mass is 10.1. The van der Waals surface area contributed by atoms with E-state index in [-0.39, 0.29) is 5.56 Å². The standard InChI is InChI=1S/C16H15ClN2O3S/c17-12-7-6-11(16(21)22)9-14(12)23-19-13(15(18)20)8-10-4-2-1-3-5-10/h1-7,9,13,19H,8H2,(H2,18,20)(H,21,22). The summed E-state index contributed by atoms with van der Waals surface area (Å²) in [6.07, 6.45) is 0.430. The van der Waals surface area contributed by atoms with Gasteiger partial charge < -0.3 is 10.8 Å². The number of carbonyl (C=O) groups excluding carboxylic acids is 1. The number of rotatable bonds is 7. The van der Waals surface area contributed by atoms with Gasteiger partial charge in [-0.25, -0.2) is 9.52 Å². The third-order valence-corrected chi connectivity index (χ3v) is 4.52. The molecule has 7 heteroatoms. The number of carboxylic acid groups (broad SMARTS) is 1. The van der Waals surface area contributed by atoms with E-state index in [1.54, 1.807) is 0 Å². The number of benzene rings is 2. The molecule has 2 aromatic rings. The highest BCUT2D eigenvalue weighted by molar-refractivity contribution is 7.97. The molecule has 1 atom stereocenters. The smallest absolute Gasteiger partial charge is 0.335 e. The van der Waals surface area contributed by atoms with Crippen molar-refractivity contribution in [2.45, 2.75) is 17.4 Å². The van der Waals surface area contributed by atoms with Crippen LogP contribution in [0.5, 0.6) is 0 Å². The number of halogens is 1. The molecule has 23 heavy (non-hydrogen) atoms. The molecule has 0 fully saturated rings. The third-order valence-electron chi connectivity index (χ3n) is 3.12. The van der Waals surface area contributed by atoms with Gasteiger partial charge in [0, 0.05) is 4.90 Å². The number of hydrogen-bond acceptors (Lipinski definition) is 4. The number of amides is 1. The van der Waals surface area contributed by atoms with Crippen LogP contribution < -0.4 is 10.5 Å². The molecule has 2 aromatic carbocycles. The second-order valence-corrected chi connectivity index (χ2v) is 6.10. The van der Waals surface area contributed by atoms with Crippen molar-refractivity contribution < 1.29 is 14.7 Å². The Morgan fingerprint density at radius 1 is 1.22 bits per heavy atom. The second kappa shape index (κ2) is 8.01. The van der Waals surface area contributed by atoms with Crippen LogP contribution in [0.3, 0.4) is 0 Å². The molecular formula is C16H15ClN2O3S. The summed E-state index contributed by atoms with van der Waals surface area (Å²) >= 11 is 7.14. The van der Waals surface area contributed by atoms with Gasteiger partial charge in [0.2, 0.25) is 5.91 Å². The molecule has 1 unspecified atom stereocenters. The van der Waals surface area contributed by atoms with E-state index >= 15 is 0 Å². The van der Waals surface area contributed by atoms with E-state index < -0.39 is 17.9 Å². The Morgan fingerprint density at radius 3 is 2.52 bits per heavy atom. The van der Waals surface area contributed by atoms with Gasteiger partial charge in [-0.2, -0.15) is 0 Å². The molecule has 0 saturated carbocycles. The van der Waals surface area contributed by atoms with Gasteiger partial charge in [0.25, 0.3) is 0 Å². The van der Waals surface area contributed by atoms with Crippen molar-refractivity contribution in [3.63, 3.8) is 0 Å². The zero-order valence-electron chi connectivity index (χ0n) is 12.0. The molecule has 0 aliphatic carbocycles. The normalized spacial score (nSPS) is 11.9. The van der Waals surface area contributed by atoms with Crippen LogP contribution in [0, 0.1) is 0 Å². The van der Waals surface area contributed by atoms with Gasteiger partial charge >= 0.3 is 5.97 Å². The Kier molecular flexibility index (Phi) is 6.04. The van der Waals surface area contributed by atoms with E-state index in [1.165, 1.54) is 18.2 Å². The Labute approximate surface area is 143 Å². The van der Waals surface area contributed by atoms with Crippen LogP contribution in [0.25, 0.3) is 0 Å². The lowest BCUT2D eigenvalue weighted by molar-refractivity contribution is -0.119. The summed E-state index contributed by atoms with van der Waals surface area (Å²) in [4.78, 5) is 23.1. The number of carbonyl (C=O) groups is 2. The molecule has 0 aromatic heterocycles. The van der Waals surface area contributed by atoms with Gasteiger partial charge in [-0.15, -0.1) is 0 Å². The van der Waals surface area contributed by atoms with Crippen molar-refractivity contribution in [3.05, 3.63) is 64.7 Å². The van der Waals surface area contributed by atoms with Crippen molar-refractivity contribution in [3.8, 4) is 0 Å². The first-order valence-corrected chi connectivity index (χ1v) is 7.95. The molecule has 0 heterocycles. The van der Waals surface area contributed by atoms with Crippen LogP contribution in [-0.4, -0.2) is 23.0 Å². The summed E-state index contributed by atoms with van der Waals surface area (Å²) < 4.78 is 2.96. The highest BCUT2D eigenvalue weighted by Crippen LogP contribution is 2.27. The average molecular weight is 351 g/mol. The van der Waals surface area contributed by atoms with Gasteiger partial charge in [-0.3, -0.25) is 4.79 Å². The molecular weight excluding hydrogens is 336 g/mol. The van der Waals surface area contributed by atoms with Gasteiger partial charge in [0.1, 0.15) is 0 Å². The van der Waals surface area contributed by atoms with E-state index in [0.717, 1.165) is 17.5 Å². The second-order valence-electron chi connectivity index (χ2n) is 4.81. The lowest BCUT2D eigenvalue weighted by Gasteiger charge is -2.15. The molecule has 1 amide bonds. The minimum atomic E-state index is -1.04. The van der Waals surface area contributed by atoms with Crippen molar-refractivity contribution >= 4 is 35.4 Å². The van der Waals surface area contributed by atoms with E-state index in [4.69, 9.17) is 22.4 Å². The topological polar surface area (TPSA) is 92.4 Å². The first-order chi connectivity index (χ1) is 11.0. The Bertz CT molecular complexity index is 710. The minimum absolute atomic E-state index is 0.123. The summed E-state index contributed by atoms with van der Waals surface area (Å²) in [6.45, 7) is 0. The van der Waals surface area contributed by atoms with Crippen LogP contribution >= 0.6 is 23.5 Å². The van der Waals surface area contributed by atoms with Crippen LogP contribution in [-0.2, 0) is 11.2 Å². The zero-order valence-corrected chi connectivity index (χ0v) is 13.6. The Balaban J connectivity index is 2.08. The summed E-state index contributed by atoms with van der Waals surface area (Å²) in [6, 6.07) is 13.2. The average Bonchev–Trinajstić information content (AvgIpc) is 2.53. The zero-order chi connectivity index (χ0) is 16.8. The van der Waals surface area contributed by atoms with Crippen LogP contribution in [0.2, 0.25) is 5.02 Å². The monoisotopic (exact) mass is 350 g/mol. The molecule has 0 saturated heterocycles. The number of aromatic carboxylic acids is 1. The van der Waals surface area contributed by atoms with Crippen LogP contribution in [0.1, 0.15) is 15.9 Å². The number of nitrogens with one attached hydrogen (secondary N) is 1. The molecule has 0 bridgehead atoms. The fourth-order valence-corrected chi connectivity index (χ4v) is 2.95. The van der Waals surface area contributed by atoms with Gasteiger partial charge in [-0.1, -0.05) is 41.9 Å². The third kappa shape index (κ3) is 4.99. The van der Waals surface area contributed by atoms with E-state index in [9.17, 15) is 9.59 Å². The van der Waals surface area contributed by atoms with Gasteiger partial charge in [0.15, 0.2) is 0 Å². The molecule has 120 valence electrons. The van der Waals surface area contributed by atoms with E-state index in [1.807, 2.05) is 30.3 Å². The first kappa shape index (κ1) is 17.3. The van der Waals surface area contributed by atoms with Crippen LogP contribution in [0.15, 0.2) is 53.4 Å². The van der Waals surface area contributed by atoms with Crippen molar-refractivity contribution in [1.82, 2.24) is 4.72 Å². The van der Waals surface area contributed by atoms with Crippen molar-refractivity contribution in [1.29, 1.82) is 0 Å². The quantitative estimate of drug-likeness (QED) is 0.668. The maximum Gasteiger partial charge on any atom is 0.335 e. The molecule has 0 aliphatic heterocycles. The molecule has 5 nitrogen and oxygen atoms in total. The molecule has 2 rings (SSSR count). The van der Waals surface area contributed by atoms with Crippen molar-refractivity contribution in [2.75, 3.05) is 0 Å². The van der Waals surface area contributed by atoms with Gasteiger partial charge in [0.05, 0.1) is 16.6 Å². The highest BCUT2D eigenvalue weighted by atomic mass is 35.5. The maximum absolute atomic E-state index is 11.6. The summed E-state index contributed by atoms with van der Waals surface area (Å²) in [5.74, 6) is -1.54. The largest absolute Gasteiger partial charge is 0.478 e. The molecule has 0 radical (unpaired) electrons. The Hall–Kier alpha value is -2.02. The molecule has 0 spiro atoms. The van der Waals surface area contributed by atoms with Crippen LogP contribution in [0.4, 0.5) is 0 Å². The predicted molar refractivity (Wildman–Crippen MR) is 90.5 cm³/mol. The number of primary amides is 1. The SMILES string of the molecule is NC(=O)C(Cc1ccccc1)NSc1cc(C(=O)O)ccc1Cl.